The average Bonchev–Trinajstić information content (AvgIpc) is 3.02. The molecule has 1 heterocycles. The third-order valence-electron chi connectivity index (χ3n) is 4.67. The lowest BCUT2D eigenvalue weighted by atomic mass is 10.00. The predicted octanol–water partition coefficient (Wildman–Crippen LogP) is 5.39. The molecule has 1 saturated heterocycles. The molecule has 0 N–H and O–H groups in total. The second-order valence-corrected chi connectivity index (χ2v) is 9.56. The van der Waals surface area contributed by atoms with Gasteiger partial charge in [-0.2, -0.15) is 0 Å². The summed E-state index contributed by atoms with van der Waals surface area (Å²) in [6, 6.07) is 14.9. The van der Waals surface area contributed by atoms with E-state index in [1.807, 2.05) is 56.3 Å². The van der Waals surface area contributed by atoms with Crippen LogP contribution in [-0.4, -0.2) is 19.3 Å². The highest BCUT2D eigenvalue weighted by atomic mass is 79.9. The van der Waals surface area contributed by atoms with Gasteiger partial charge in [0.1, 0.15) is 0 Å². The molecule has 1 atom stereocenters. The lowest BCUT2D eigenvalue weighted by molar-refractivity contribution is 0.496. The fourth-order valence-corrected chi connectivity index (χ4v) is 4.85. The summed E-state index contributed by atoms with van der Waals surface area (Å²) >= 11 is 3.43. The van der Waals surface area contributed by atoms with Crippen molar-refractivity contribution in [3.8, 4) is 0 Å². The summed E-state index contributed by atoms with van der Waals surface area (Å²) in [6.07, 6.45) is 2.64. The van der Waals surface area contributed by atoms with Crippen molar-refractivity contribution in [1.82, 2.24) is 4.31 Å². The van der Waals surface area contributed by atoms with E-state index >= 15 is 0 Å². The SMILES string of the molecule is C=C(C)C1C/C(=C\c2ccc(Br)cc2)N(S(=O)(=O)c2ccc(C)cc2)C1. The predicted molar refractivity (Wildman–Crippen MR) is 110 cm³/mol. The van der Waals surface area contributed by atoms with Crippen LogP contribution >= 0.6 is 15.9 Å². The Morgan fingerprint density at radius 1 is 1.15 bits per heavy atom. The van der Waals surface area contributed by atoms with Crippen LogP contribution in [0.4, 0.5) is 0 Å². The third kappa shape index (κ3) is 3.94. The van der Waals surface area contributed by atoms with Crippen molar-refractivity contribution in [2.75, 3.05) is 6.54 Å². The molecule has 0 radical (unpaired) electrons. The molecule has 26 heavy (non-hydrogen) atoms. The van der Waals surface area contributed by atoms with Gasteiger partial charge in [-0.25, -0.2) is 8.42 Å². The Kier molecular flexibility index (Phi) is 5.39. The number of sulfonamides is 1. The number of allylic oxidation sites excluding steroid dienone is 1. The second-order valence-electron chi connectivity index (χ2n) is 6.78. The van der Waals surface area contributed by atoms with E-state index < -0.39 is 10.0 Å². The van der Waals surface area contributed by atoms with Gasteiger partial charge in [-0.3, -0.25) is 4.31 Å². The van der Waals surface area contributed by atoms with Gasteiger partial charge in [-0.15, -0.1) is 0 Å². The number of hydrogen-bond donors (Lipinski definition) is 0. The molecule has 1 aliphatic heterocycles. The van der Waals surface area contributed by atoms with Crippen molar-refractivity contribution in [2.24, 2.45) is 5.92 Å². The standard InChI is InChI=1S/C21H22BrNO2S/c1-15(2)18-13-20(12-17-6-8-19(22)9-7-17)23(14-18)26(24,25)21-10-4-16(3)5-11-21/h4-12,18H,1,13-14H2,2-3H3/b20-12+. The van der Waals surface area contributed by atoms with Gasteiger partial charge in [0.2, 0.25) is 0 Å². The van der Waals surface area contributed by atoms with E-state index in [9.17, 15) is 8.42 Å². The molecular weight excluding hydrogens is 410 g/mol. The summed E-state index contributed by atoms with van der Waals surface area (Å²) in [4.78, 5) is 0.326. The molecular formula is C21H22BrNO2S. The van der Waals surface area contributed by atoms with Crippen LogP contribution in [0.2, 0.25) is 0 Å². The Morgan fingerprint density at radius 2 is 1.77 bits per heavy atom. The summed E-state index contributed by atoms with van der Waals surface area (Å²) in [6.45, 7) is 8.38. The van der Waals surface area contributed by atoms with Crippen LogP contribution in [0.25, 0.3) is 6.08 Å². The van der Waals surface area contributed by atoms with Gasteiger partial charge in [0.15, 0.2) is 0 Å². The fraction of sp³-hybridized carbons (Fsp3) is 0.238. The van der Waals surface area contributed by atoms with Gasteiger partial charge in [0.05, 0.1) is 4.90 Å². The van der Waals surface area contributed by atoms with Crippen LogP contribution < -0.4 is 0 Å². The van der Waals surface area contributed by atoms with E-state index in [-0.39, 0.29) is 5.92 Å². The van der Waals surface area contributed by atoms with Crippen molar-refractivity contribution in [3.63, 3.8) is 0 Å². The van der Waals surface area contributed by atoms with E-state index in [2.05, 4.69) is 22.5 Å². The number of rotatable bonds is 4. The maximum atomic E-state index is 13.2. The first kappa shape index (κ1) is 18.9. The third-order valence-corrected chi connectivity index (χ3v) is 7.03. The Labute approximate surface area is 164 Å². The molecule has 0 bridgehead atoms. The van der Waals surface area contributed by atoms with Gasteiger partial charge in [-0.05, 0) is 56.2 Å². The highest BCUT2D eigenvalue weighted by Crippen LogP contribution is 2.36. The van der Waals surface area contributed by atoms with Gasteiger partial charge in [0.25, 0.3) is 10.0 Å². The van der Waals surface area contributed by atoms with Gasteiger partial charge >= 0.3 is 0 Å². The number of aryl methyl sites for hydroxylation is 1. The lowest BCUT2D eigenvalue weighted by Crippen LogP contribution is -2.28. The molecule has 0 aliphatic carbocycles. The van der Waals surface area contributed by atoms with E-state index in [0.29, 0.717) is 17.9 Å². The van der Waals surface area contributed by atoms with Crippen molar-refractivity contribution < 1.29 is 8.42 Å². The Bertz CT molecular complexity index is 945. The monoisotopic (exact) mass is 431 g/mol. The molecule has 3 rings (SSSR count). The molecule has 1 unspecified atom stereocenters. The zero-order valence-corrected chi connectivity index (χ0v) is 17.3. The van der Waals surface area contributed by atoms with E-state index in [1.165, 1.54) is 0 Å². The zero-order valence-electron chi connectivity index (χ0n) is 14.9. The van der Waals surface area contributed by atoms with Crippen molar-refractivity contribution in [2.45, 2.75) is 25.2 Å². The summed E-state index contributed by atoms with van der Waals surface area (Å²) in [5.41, 5.74) is 3.83. The van der Waals surface area contributed by atoms with E-state index in [4.69, 9.17) is 0 Å². The minimum atomic E-state index is -3.58. The van der Waals surface area contributed by atoms with Crippen LogP contribution in [0, 0.1) is 12.8 Å². The molecule has 0 amide bonds. The van der Waals surface area contributed by atoms with Gasteiger partial charge in [-0.1, -0.05) is 57.9 Å². The summed E-state index contributed by atoms with van der Waals surface area (Å²) in [5.74, 6) is 0.136. The number of nitrogens with zero attached hydrogens (tertiary/aromatic N) is 1. The zero-order chi connectivity index (χ0) is 18.9. The summed E-state index contributed by atoms with van der Waals surface area (Å²) < 4.78 is 29.0. The first-order chi connectivity index (χ1) is 12.3. The molecule has 2 aromatic rings. The average molecular weight is 432 g/mol. The summed E-state index contributed by atoms with van der Waals surface area (Å²) in [7, 11) is -3.58. The normalized spacial score (nSPS) is 19.1. The van der Waals surface area contributed by atoms with Crippen molar-refractivity contribution in [1.29, 1.82) is 0 Å². The molecule has 0 spiro atoms. The smallest absolute Gasteiger partial charge is 0.264 e. The van der Waals surface area contributed by atoms with Gasteiger partial charge in [0, 0.05) is 22.6 Å². The fourth-order valence-electron chi connectivity index (χ4n) is 3.04. The molecule has 3 nitrogen and oxygen atoms in total. The van der Waals surface area contributed by atoms with Crippen LogP contribution in [0.3, 0.4) is 0 Å². The highest BCUT2D eigenvalue weighted by molar-refractivity contribution is 9.10. The minimum absolute atomic E-state index is 0.136. The lowest BCUT2D eigenvalue weighted by Gasteiger charge is -2.21. The number of benzene rings is 2. The molecule has 0 saturated carbocycles. The largest absolute Gasteiger partial charge is 0.270 e. The van der Waals surface area contributed by atoms with Crippen LogP contribution in [0.15, 0.2) is 75.7 Å². The molecule has 5 heteroatoms. The second kappa shape index (κ2) is 7.41. The molecule has 2 aromatic carbocycles. The molecule has 1 fully saturated rings. The number of hydrogen-bond acceptors (Lipinski definition) is 2. The first-order valence-electron chi connectivity index (χ1n) is 8.48. The van der Waals surface area contributed by atoms with Gasteiger partial charge < -0.3 is 0 Å². The molecule has 1 aliphatic rings. The van der Waals surface area contributed by atoms with Crippen LogP contribution in [-0.2, 0) is 10.0 Å². The van der Waals surface area contributed by atoms with E-state index in [1.54, 1.807) is 16.4 Å². The Hall–Kier alpha value is -1.85. The van der Waals surface area contributed by atoms with Crippen LogP contribution in [0.1, 0.15) is 24.5 Å². The summed E-state index contributed by atoms with van der Waals surface area (Å²) in [5, 5.41) is 0. The molecule has 136 valence electrons. The quantitative estimate of drug-likeness (QED) is 0.608. The highest BCUT2D eigenvalue weighted by Gasteiger charge is 2.35. The first-order valence-corrected chi connectivity index (χ1v) is 10.7. The number of halogens is 1. The van der Waals surface area contributed by atoms with E-state index in [0.717, 1.165) is 26.9 Å². The van der Waals surface area contributed by atoms with Crippen molar-refractivity contribution >= 4 is 32.0 Å². The maximum absolute atomic E-state index is 13.2. The minimum Gasteiger partial charge on any atom is -0.270 e. The molecule has 0 aromatic heterocycles. The Morgan fingerprint density at radius 3 is 2.35 bits per heavy atom. The Balaban J connectivity index is 2.02. The maximum Gasteiger partial charge on any atom is 0.264 e. The topological polar surface area (TPSA) is 37.4 Å². The van der Waals surface area contributed by atoms with Crippen molar-refractivity contribution in [3.05, 3.63) is 82.0 Å². The van der Waals surface area contributed by atoms with Crippen LogP contribution in [0.5, 0.6) is 0 Å².